The zero-order chi connectivity index (χ0) is 30.3. The number of hydrogen-bond donors (Lipinski definition) is 1. The van der Waals surface area contributed by atoms with E-state index in [1.165, 1.54) is 5.51 Å². The molecule has 0 radical (unpaired) electrons. The summed E-state index contributed by atoms with van der Waals surface area (Å²) in [5.41, 5.74) is 3.94. The molecule has 1 atom stereocenters. The van der Waals surface area contributed by atoms with Gasteiger partial charge in [0.15, 0.2) is 0 Å². The number of aromatic nitrogens is 2. The lowest BCUT2D eigenvalue weighted by molar-refractivity contribution is 0.0204. The van der Waals surface area contributed by atoms with E-state index in [-0.39, 0.29) is 28.0 Å². The number of alkyl halides is 1. The molecule has 3 heterocycles. The Bertz CT molecular complexity index is 1550. The van der Waals surface area contributed by atoms with Gasteiger partial charge in [0, 0.05) is 30.6 Å². The standard InChI is InChI=1S/C30H37FN4O5S2/c1-29(2,3)40-28(36)35-12-10-20(11-13-35)24-14-19(17-31)6-8-22(24)25-16-30(4,5)39-26-15-21(7-9-23(25)26)42(37,38)34-27-33-32-18-41-27/h6-9,14-15,18,20,25H,10-13,16-17H2,1-5H3,(H,33,34). The number of nitrogens with zero attached hydrogens (tertiary/aromatic N) is 3. The highest BCUT2D eigenvalue weighted by molar-refractivity contribution is 7.93. The predicted molar refractivity (Wildman–Crippen MR) is 159 cm³/mol. The Kier molecular flexibility index (Phi) is 8.23. The van der Waals surface area contributed by atoms with Crippen molar-refractivity contribution in [1.82, 2.24) is 15.1 Å². The van der Waals surface area contributed by atoms with Gasteiger partial charge in [-0.1, -0.05) is 35.6 Å². The lowest BCUT2D eigenvalue weighted by Gasteiger charge is -2.40. The third-order valence-corrected chi connectivity index (χ3v) is 9.67. The number of piperidine rings is 1. The van der Waals surface area contributed by atoms with Crippen molar-refractivity contribution in [3.05, 3.63) is 64.2 Å². The van der Waals surface area contributed by atoms with E-state index in [1.807, 2.05) is 58.9 Å². The van der Waals surface area contributed by atoms with Crippen LogP contribution in [0.3, 0.4) is 0 Å². The van der Waals surface area contributed by atoms with Gasteiger partial charge < -0.3 is 14.4 Å². The summed E-state index contributed by atoms with van der Waals surface area (Å²) in [5, 5.41) is 7.65. The molecule has 226 valence electrons. The van der Waals surface area contributed by atoms with E-state index in [4.69, 9.17) is 9.47 Å². The number of nitrogens with one attached hydrogen (secondary N) is 1. The highest BCUT2D eigenvalue weighted by Crippen LogP contribution is 2.48. The fraction of sp³-hybridized carbons (Fsp3) is 0.500. The minimum atomic E-state index is -3.90. The van der Waals surface area contributed by atoms with Crippen LogP contribution in [0.25, 0.3) is 0 Å². The summed E-state index contributed by atoms with van der Waals surface area (Å²) < 4.78 is 54.4. The summed E-state index contributed by atoms with van der Waals surface area (Å²) in [6.45, 7) is 10.1. The number of carbonyl (C=O) groups is 1. The quantitative estimate of drug-likeness (QED) is 0.332. The zero-order valence-electron chi connectivity index (χ0n) is 24.5. The fourth-order valence-electron chi connectivity index (χ4n) is 5.75. The number of rotatable bonds is 6. The molecule has 0 spiro atoms. The second-order valence-electron chi connectivity index (χ2n) is 12.5. The molecule has 3 aromatic rings. The third kappa shape index (κ3) is 6.70. The van der Waals surface area contributed by atoms with E-state index in [9.17, 15) is 17.6 Å². The lowest BCUT2D eigenvalue weighted by Crippen LogP contribution is -2.41. The van der Waals surface area contributed by atoms with Gasteiger partial charge in [0.25, 0.3) is 10.0 Å². The number of carbonyl (C=O) groups excluding carboxylic acids is 1. The first-order chi connectivity index (χ1) is 19.7. The predicted octanol–water partition coefficient (Wildman–Crippen LogP) is 6.62. The summed E-state index contributed by atoms with van der Waals surface area (Å²) in [6, 6.07) is 10.7. The van der Waals surface area contributed by atoms with Crippen LogP contribution in [-0.4, -0.2) is 53.9 Å². The molecule has 9 nitrogen and oxygen atoms in total. The monoisotopic (exact) mass is 616 g/mol. The summed E-state index contributed by atoms with van der Waals surface area (Å²) in [4.78, 5) is 14.5. The highest BCUT2D eigenvalue weighted by Gasteiger charge is 2.38. The van der Waals surface area contributed by atoms with Crippen LogP contribution in [0.15, 0.2) is 46.8 Å². The number of anilines is 1. The van der Waals surface area contributed by atoms with Crippen LogP contribution in [-0.2, 0) is 21.4 Å². The smallest absolute Gasteiger partial charge is 0.410 e. The van der Waals surface area contributed by atoms with Gasteiger partial charge in [0.05, 0.1) is 4.90 Å². The average Bonchev–Trinajstić information content (AvgIpc) is 3.43. The molecule has 0 saturated carbocycles. The van der Waals surface area contributed by atoms with Gasteiger partial charge in [0.1, 0.15) is 29.1 Å². The summed E-state index contributed by atoms with van der Waals surface area (Å²) in [7, 11) is -3.90. The molecule has 2 aliphatic rings. The number of amides is 1. The average molecular weight is 617 g/mol. The molecule has 1 N–H and O–H groups in total. The van der Waals surface area contributed by atoms with Crippen molar-refractivity contribution < 1.29 is 27.1 Å². The van der Waals surface area contributed by atoms with E-state index in [0.29, 0.717) is 30.8 Å². The van der Waals surface area contributed by atoms with Crippen molar-refractivity contribution in [2.24, 2.45) is 0 Å². The highest BCUT2D eigenvalue weighted by atomic mass is 32.2. The molecule has 1 fully saturated rings. The zero-order valence-corrected chi connectivity index (χ0v) is 26.1. The second kappa shape index (κ2) is 11.4. The van der Waals surface area contributed by atoms with Gasteiger partial charge >= 0.3 is 6.09 Å². The van der Waals surface area contributed by atoms with E-state index in [1.54, 1.807) is 17.0 Å². The number of fused-ring (bicyclic) bond motifs is 1. The maximum atomic E-state index is 13.9. The number of hydrogen-bond acceptors (Lipinski definition) is 8. The van der Waals surface area contributed by atoms with Crippen molar-refractivity contribution in [1.29, 1.82) is 0 Å². The Labute approximate surface area is 250 Å². The summed E-state index contributed by atoms with van der Waals surface area (Å²) in [5.74, 6) is 0.538. The molecule has 12 heteroatoms. The minimum Gasteiger partial charge on any atom is -0.487 e. The molecule has 1 saturated heterocycles. The fourth-order valence-corrected chi connectivity index (χ4v) is 7.45. The number of likely N-dealkylation sites (tertiary alicyclic amines) is 1. The Morgan fingerprint density at radius 3 is 2.50 bits per heavy atom. The van der Waals surface area contributed by atoms with Gasteiger partial charge in [-0.15, -0.1) is 10.2 Å². The van der Waals surface area contributed by atoms with Crippen LogP contribution < -0.4 is 9.46 Å². The van der Waals surface area contributed by atoms with Crippen molar-refractivity contribution in [2.75, 3.05) is 17.8 Å². The van der Waals surface area contributed by atoms with E-state index in [2.05, 4.69) is 14.9 Å². The lowest BCUT2D eigenvalue weighted by atomic mass is 9.75. The first-order valence-corrected chi connectivity index (χ1v) is 16.4. The molecular weight excluding hydrogens is 579 g/mol. The van der Waals surface area contributed by atoms with Crippen molar-refractivity contribution >= 4 is 32.6 Å². The molecule has 0 bridgehead atoms. The molecule has 1 unspecified atom stereocenters. The molecule has 5 rings (SSSR count). The van der Waals surface area contributed by atoms with Crippen LogP contribution in [0.2, 0.25) is 0 Å². The van der Waals surface area contributed by atoms with Gasteiger partial charge in [-0.3, -0.25) is 4.72 Å². The number of halogens is 1. The third-order valence-electron chi connectivity index (χ3n) is 7.60. The van der Waals surface area contributed by atoms with Crippen LogP contribution >= 0.6 is 11.3 Å². The van der Waals surface area contributed by atoms with Crippen LogP contribution in [0.5, 0.6) is 5.75 Å². The maximum absolute atomic E-state index is 13.9. The van der Waals surface area contributed by atoms with Gasteiger partial charge in [0.2, 0.25) is 5.13 Å². The summed E-state index contributed by atoms with van der Waals surface area (Å²) >= 11 is 1.09. The largest absolute Gasteiger partial charge is 0.487 e. The first-order valence-electron chi connectivity index (χ1n) is 14.0. The molecule has 2 aromatic carbocycles. The maximum Gasteiger partial charge on any atom is 0.410 e. The molecule has 1 aromatic heterocycles. The Hall–Kier alpha value is -3.25. The molecular formula is C30H37FN4O5S2. The van der Waals surface area contributed by atoms with Gasteiger partial charge in [-0.2, -0.15) is 0 Å². The normalized spacial score (nSPS) is 19.1. The molecule has 0 aliphatic carbocycles. The Balaban J connectivity index is 1.46. The Morgan fingerprint density at radius 1 is 1.14 bits per heavy atom. The minimum absolute atomic E-state index is 0.0652. The van der Waals surface area contributed by atoms with E-state index >= 15 is 0 Å². The van der Waals surface area contributed by atoms with E-state index < -0.39 is 27.9 Å². The number of benzene rings is 2. The number of ether oxygens (including phenoxy) is 2. The molecule has 2 aliphatic heterocycles. The van der Waals surface area contributed by atoms with Crippen LogP contribution in [0, 0.1) is 0 Å². The first kappa shape index (κ1) is 30.2. The van der Waals surface area contributed by atoms with Crippen molar-refractivity contribution in [3.63, 3.8) is 0 Å². The number of sulfonamides is 1. The molecule has 1 amide bonds. The summed E-state index contributed by atoms with van der Waals surface area (Å²) in [6.07, 6.45) is 1.81. The van der Waals surface area contributed by atoms with E-state index in [0.717, 1.165) is 40.9 Å². The Morgan fingerprint density at radius 2 is 1.86 bits per heavy atom. The SMILES string of the molecule is CC(C)(C)OC(=O)N1CCC(c2cc(CF)ccc2C2CC(C)(C)Oc3cc(S(=O)(=O)Nc4nncs4)ccc32)CC1. The van der Waals surface area contributed by atoms with Crippen molar-refractivity contribution in [3.8, 4) is 5.75 Å². The van der Waals surface area contributed by atoms with Crippen LogP contribution in [0.1, 0.15) is 88.0 Å². The van der Waals surface area contributed by atoms with Crippen molar-refractivity contribution in [2.45, 2.75) is 88.5 Å². The topological polar surface area (TPSA) is 111 Å². The van der Waals surface area contributed by atoms with Crippen LogP contribution in [0.4, 0.5) is 14.3 Å². The molecule has 42 heavy (non-hydrogen) atoms. The second-order valence-corrected chi connectivity index (χ2v) is 15.0. The van der Waals surface area contributed by atoms with Gasteiger partial charge in [-0.25, -0.2) is 17.6 Å². The van der Waals surface area contributed by atoms with Gasteiger partial charge in [-0.05, 0) is 82.6 Å².